The summed E-state index contributed by atoms with van der Waals surface area (Å²) in [7, 11) is 0. The van der Waals surface area contributed by atoms with Crippen molar-refractivity contribution in [1.82, 2.24) is 20.0 Å². The molecule has 0 saturated carbocycles. The predicted molar refractivity (Wildman–Crippen MR) is 109 cm³/mol. The normalized spacial score (nSPS) is 16.0. The second-order valence-corrected chi connectivity index (χ2v) is 7.62. The fraction of sp³-hybridized carbons (Fsp3) is 0.476. The Bertz CT molecular complexity index is 793. The van der Waals surface area contributed by atoms with Crippen LogP contribution in [0.2, 0.25) is 0 Å². The van der Waals surface area contributed by atoms with Crippen LogP contribution in [0, 0.1) is 0 Å². The summed E-state index contributed by atoms with van der Waals surface area (Å²) in [6.45, 7) is 7.71. The summed E-state index contributed by atoms with van der Waals surface area (Å²) >= 11 is 0. The molecule has 2 amide bonds. The van der Waals surface area contributed by atoms with Crippen LogP contribution < -0.4 is 10.6 Å². The molecule has 2 heterocycles. The van der Waals surface area contributed by atoms with Gasteiger partial charge in [0.15, 0.2) is 0 Å². The molecule has 1 fully saturated rings. The maximum Gasteiger partial charge on any atom is 0.252 e. The van der Waals surface area contributed by atoms with Crippen molar-refractivity contribution < 1.29 is 9.59 Å². The third-order valence-corrected chi connectivity index (χ3v) is 5.39. The third kappa shape index (κ3) is 4.25. The van der Waals surface area contributed by atoms with Gasteiger partial charge in [-0.2, -0.15) is 5.10 Å². The van der Waals surface area contributed by atoms with Gasteiger partial charge in [0, 0.05) is 37.6 Å². The molecule has 1 aromatic carbocycles. The fourth-order valence-corrected chi connectivity index (χ4v) is 3.72. The van der Waals surface area contributed by atoms with E-state index in [0.717, 1.165) is 24.3 Å². The van der Waals surface area contributed by atoms with Crippen LogP contribution in [-0.2, 0) is 21.7 Å². The van der Waals surface area contributed by atoms with E-state index in [-0.39, 0.29) is 17.9 Å². The summed E-state index contributed by atoms with van der Waals surface area (Å²) in [6, 6.07) is 9.69. The lowest BCUT2D eigenvalue weighted by atomic mass is 9.87. The van der Waals surface area contributed by atoms with Crippen LogP contribution in [0.4, 0.5) is 5.69 Å². The Morgan fingerprint density at radius 2 is 1.93 bits per heavy atom. The second-order valence-electron chi connectivity index (χ2n) is 7.62. The Labute approximate surface area is 166 Å². The molecule has 7 heteroatoms. The second kappa shape index (κ2) is 8.56. The van der Waals surface area contributed by atoms with Crippen molar-refractivity contribution in [1.29, 1.82) is 0 Å². The first kappa shape index (κ1) is 20.1. The van der Waals surface area contributed by atoms with Gasteiger partial charge >= 0.3 is 0 Å². The minimum atomic E-state index is -0.670. The number of nitrogens with zero attached hydrogens (tertiary/aromatic N) is 3. The van der Waals surface area contributed by atoms with Crippen LogP contribution in [0.5, 0.6) is 0 Å². The number of hydrogen-bond donors (Lipinski definition) is 2. The average Bonchev–Trinajstić information content (AvgIpc) is 3.22. The zero-order chi connectivity index (χ0) is 20.1. The molecule has 0 spiro atoms. The number of anilines is 1. The first-order chi connectivity index (χ1) is 13.4. The van der Waals surface area contributed by atoms with E-state index in [9.17, 15) is 9.59 Å². The van der Waals surface area contributed by atoms with E-state index in [1.165, 1.54) is 0 Å². The van der Waals surface area contributed by atoms with E-state index in [0.29, 0.717) is 19.4 Å². The molecule has 0 aliphatic carbocycles. The van der Waals surface area contributed by atoms with E-state index >= 15 is 0 Å². The lowest BCUT2D eigenvalue weighted by molar-refractivity contribution is -0.131. The molecular weight excluding hydrogens is 354 g/mol. The van der Waals surface area contributed by atoms with Gasteiger partial charge in [-0.25, -0.2) is 0 Å². The highest BCUT2D eigenvalue weighted by atomic mass is 16.2. The molecule has 0 unspecified atom stereocenters. The van der Waals surface area contributed by atoms with Gasteiger partial charge in [0.25, 0.3) is 5.91 Å². The number of rotatable bonds is 6. The van der Waals surface area contributed by atoms with Crippen molar-refractivity contribution in [3.63, 3.8) is 0 Å². The summed E-state index contributed by atoms with van der Waals surface area (Å²) in [6.07, 6.45) is 4.96. The summed E-state index contributed by atoms with van der Waals surface area (Å²) < 4.78 is 1.78. The van der Waals surface area contributed by atoms with Crippen LogP contribution in [0.15, 0.2) is 42.7 Å². The van der Waals surface area contributed by atoms with Crippen LogP contribution in [0.1, 0.15) is 39.2 Å². The van der Waals surface area contributed by atoms with Crippen LogP contribution in [0.3, 0.4) is 0 Å². The average molecular weight is 383 g/mol. The SMILES string of the molecule is CC(=O)N(Cc1ccc(NC(=O)C2(n3cccn3)CCNCC2)cc1)C(C)C. The highest BCUT2D eigenvalue weighted by Crippen LogP contribution is 2.28. The molecule has 2 N–H and O–H groups in total. The molecule has 0 radical (unpaired) electrons. The molecule has 0 bridgehead atoms. The maximum absolute atomic E-state index is 13.2. The summed E-state index contributed by atoms with van der Waals surface area (Å²) in [5.74, 6) is 0.0115. The Morgan fingerprint density at radius 1 is 1.25 bits per heavy atom. The fourth-order valence-electron chi connectivity index (χ4n) is 3.72. The number of nitrogens with one attached hydrogen (secondary N) is 2. The first-order valence-corrected chi connectivity index (χ1v) is 9.81. The Kier molecular flexibility index (Phi) is 6.14. The number of hydrogen-bond acceptors (Lipinski definition) is 4. The van der Waals surface area contributed by atoms with E-state index in [4.69, 9.17) is 0 Å². The van der Waals surface area contributed by atoms with E-state index in [2.05, 4.69) is 15.7 Å². The van der Waals surface area contributed by atoms with Crippen LogP contribution in [-0.4, -0.2) is 45.6 Å². The smallest absolute Gasteiger partial charge is 0.252 e. The zero-order valence-corrected chi connectivity index (χ0v) is 16.8. The molecule has 1 saturated heterocycles. The molecule has 28 heavy (non-hydrogen) atoms. The van der Waals surface area contributed by atoms with Crippen molar-refractivity contribution >= 4 is 17.5 Å². The van der Waals surface area contributed by atoms with E-state index in [1.54, 1.807) is 17.8 Å². The highest BCUT2D eigenvalue weighted by Gasteiger charge is 2.42. The highest BCUT2D eigenvalue weighted by molar-refractivity contribution is 5.96. The molecule has 150 valence electrons. The number of carbonyl (C=O) groups is 2. The predicted octanol–water partition coefficient (Wildman–Crippen LogP) is 2.36. The molecule has 2 aromatic rings. The van der Waals surface area contributed by atoms with Gasteiger partial charge in [0.05, 0.1) is 0 Å². The number of aromatic nitrogens is 2. The quantitative estimate of drug-likeness (QED) is 0.803. The first-order valence-electron chi connectivity index (χ1n) is 9.81. The van der Waals surface area contributed by atoms with Crippen molar-refractivity contribution in [3.8, 4) is 0 Å². The largest absolute Gasteiger partial charge is 0.336 e. The maximum atomic E-state index is 13.2. The lowest BCUT2D eigenvalue weighted by Gasteiger charge is -2.36. The van der Waals surface area contributed by atoms with Crippen molar-refractivity contribution in [2.45, 2.75) is 51.7 Å². The Morgan fingerprint density at radius 3 is 2.46 bits per heavy atom. The molecule has 7 nitrogen and oxygen atoms in total. The van der Waals surface area contributed by atoms with Gasteiger partial charge in [0.1, 0.15) is 5.54 Å². The zero-order valence-electron chi connectivity index (χ0n) is 16.8. The van der Waals surface area contributed by atoms with E-state index < -0.39 is 5.54 Å². The van der Waals surface area contributed by atoms with Crippen LogP contribution in [0.25, 0.3) is 0 Å². The van der Waals surface area contributed by atoms with Crippen molar-refractivity contribution in [2.24, 2.45) is 0 Å². The van der Waals surface area contributed by atoms with Gasteiger partial charge in [-0.1, -0.05) is 12.1 Å². The van der Waals surface area contributed by atoms with Gasteiger partial charge in [0.2, 0.25) is 5.91 Å². The van der Waals surface area contributed by atoms with Crippen molar-refractivity contribution in [3.05, 3.63) is 48.3 Å². The summed E-state index contributed by atoms with van der Waals surface area (Å²) in [4.78, 5) is 26.8. The monoisotopic (exact) mass is 383 g/mol. The summed E-state index contributed by atoms with van der Waals surface area (Å²) in [5.41, 5.74) is 1.11. The Hall–Kier alpha value is -2.67. The number of carbonyl (C=O) groups excluding carboxylic acids is 2. The minimum absolute atomic E-state index is 0.0435. The number of benzene rings is 1. The van der Waals surface area contributed by atoms with Gasteiger partial charge in [-0.15, -0.1) is 0 Å². The Balaban J connectivity index is 1.72. The van der Waals surface area contributed by atoms with Gasteiger partial charge < -0.3 is 15.5 Å². The van der Waals surface area contributed by atoms with E-state index in [1.807, 2.05) is 55.3 Å². The molecular formula is C21H29N5O2. The topological polar surface area (TPSA) is 79.3 Å². The third-order valence-electron chi connectivity index (χ3n) is 5.39. The van der Waals surface area contributed by atoms with Gasteiger partial charge in [-0.3, -0.25) is 14.3 Å². The molecule has 1 aliphatic rings. The van der Waals surface area contributed by atoms with Crippen LogP contribution >= 0.6 is 0 Å². The summed E-state index contributed by atoms with van der Waals surface area (Å²) in [5, 5.41) is 10.7. The number of amides is 2. The standard InChI is InChI=1S/C21H29N5O2/c1-16(2)25(17(3)27)15-18-5-7-19(8-6-18)24-20(28)21(9-12-22-13-10-21)26-14-4-11-23-26/h4-8,11,14,16,22H,9-10,12-13,15H2,1-3H3,(H,24,28). The molecule has 1 aromatic heterocycles. The molecule has 0 atom stereocenters. The molecule has 1 aliphatic heterocycles. The van der Waals surface area contributed by atoms with Crippen molar-refractivity contribution in [2.75, 3.05) is 18.4 Å². The lowest BCUT2D eigenvalue weighted by Crippen LogP contribution is -2.52. The van der Waals surface area contributed by atoms with Gasteiger partial charge in [-0.05, 0) is 63.5 Å². The molecule has 3 rings (SSSR count). The minimum Gasteiger partial charge on any atom is -0.336 e. The number of piperidine rings is 1.